The van der Waals surface area contributed by atoms with E-state index in [-0.39, 0.29) is 23.6 Å². The highest BCUT2D eigenvalue weighted by molar-refractivity contribution is 7.89. The zero-order valence-electron chi connectivity index (χ0n) is 15.0. The number of hydrogen-bond acceptors (Lipinski definition) is 5. The van der Waals surface area contributed by atoms with Gasteiger partial charge in [0.25, 0.3) is 5.91 Å². The Balaban J connectivity index is 2.07. The third-order valence-electron chi connectivity index (χ3n) is 4.63. The number of sulfonamides is 1. The molecule has 1 heterocycles. The number of carbonyl (C=O) groups is 3. The van der Waals surface area contributed by atoms with Gasteiger partial charge in [0.15, 0.2) is 0 Å². The zero-order chi connectivity index (χ0) is 20.6. The fourth-order valence-electron chi connectivity index (χ4n) is 3.34. The maximum absolute atomic E-state index is 12.9. The first-order valence-corrected chi connectivity index (χ1v) is 10.1. The fraction of sp³-hybridized carbons (Fsp3) is 0.278. The first-order valence-electron chi connectivity index (χ1n) is 8.58. The third-order valence-corrected chi connectivity index (χ3v) is 6.16. The zero-order valence-corrected chi connectivity index (χ0v) is 15.8. The van der Waals surface area contributed by atoms with Crippen molar-refractivity contribution >= 4 is 44.3 Å². The second-order valence-corrected chi connectivity index (χ2v) is 8.06. The highest BCUT2D eigenvalue weighted by atomic mass is 32.2. The molecule has 0 fully saturated rings. The van der Waals surface area contributed by atoms with E-state index in [0.29, 0.717) is 28.6 Å². The maximum Gasteiger partial charge on any atom is 0.321 e. The number of carboxylic acids is 1. The Hall–Kier alpha value is -2.98. The van der Waals surface area contributed by atoms with Gasteiger partial charge in [-0.05, 0) is 31.5 Å². The summed E-state index contributed by atoms with van der Waals surface area (Å²) in [6.07, 6.45) is -0.545. The average molecular weight is 405 g/mol. The Labute approximate surface area is 161 Å². The quantitative estimate of drug-likeness (QED) is 0.592. The summed E-state index contributed by atoms with van der Waals surface area (Å²) in [5, 5.41) is 10.1. The minimum Gasteiger partial charge on any atom is -0.480 e. The number of anilines is 1. The van der Waals surface area contributed by atoms with E-state index in [1.165, 1.54) is 12.1 Å². The van der Waals surface area contributed by atoms with Crippen LogP contribution in [0.5, 0.6) is 0 Å². The molecule has 28 heavy (non-hydrogen) atoms. The van der Waals surface area contributed by atoms with Crippen LogP contribution in [0.4, 0.5) is 5.69 Å². The molecule has 2 amide bonds. The summed E-state index contributed by atoms with van der Waals surface area (Å²) in [5.74, 6) is -2.35. The van der Waals surface area contributed by atoms with Crippen molar-refractivity contribution in [2.24, 2.45) is 5.73 Å². The molecule has 1 aliphatic rings. The second kappa shape index (κ2) is 7.21. The van der Waals surface area contributed by atoms with Gasteiger partial charge in [0.1, 0.15) is 6.04 Å². The summed E-state index contributed by atoms with van der Waals surface area (Å²) < 4.78 is 27.9. The van der Waals surface area contributed by atoms with Crippen LogP contribution in [0.25, 0.3) is 10.8 Å². The number of nitrogens with one attached hydrogen (secondary N) is 1. The number of rotatable bonds is 8. The van der Waals surface area contributed by atoms with Crippen molar-refractivity contribution in [3.63, 3.8) is 0 Å². The molecule has 0 bridgehead atoms. The van der Waals surface area contributed by atoms with Crippen LogP contribution < -0.4 is 15.4 Å². The number of nitrogens with zero attached hydrogens (tertiary/aromatic N) is 1. The summed E-state index contributed by atoms with van der Waals surface area (Å²) >= 11 is 0. The van der Waals surface area contributed by atoms with Crippen LogP contribution in [-0.2, 0) is 19.6 Å². The molecule has 2 aromatic rings. The number of benzene rings is 2. The van der Waals surface area contributed by atoms with Crippen molar-refractivity contribution in [1.82, 2.24) is 4.72 Å². The van der Waals surface area contributed by atoms with E-state index in [9.17, 15) is 27.9 Å². The number of amides is 2. The van der Waals surface area contributed by atoms with Gasteiger partial charge < -0.3 is 15.7 Å². The normalized spacial score (nSPS) is 14.5. The Morgan fingerprint density at radius 2 is 1.96 bits per heavy atom. The van der Waals surface area contributed by atoms with Gasteiger partial charge in [0, 0.05) is 29.3 Å². The Kier molecular flexibility index (Phi) is 5.09. The Bertz CT molecular complexity index is 1100. The third kappa shape index (κ3) is 3.32. The number of hydrogen-bond donors (Lipinski definition) is 3. The lowest BCUT2D eigenvalue weighted by Gasteiger charge is -2.17. The molecule has 9 nitrogen and oxygen atoms in total. The van der Waals surface area contributed by atoms with Gasteiger partial charge in [-0.15, -0.1) is 0 Å². The summed E-state index contributed by atoms with van der Waals surface area (Å²) in [6.45, 7) is 2.25. The van der Waals surface area contributed by atoms with Gasteiger partial charge in [0.05, 0.1) is 10.6 Å². The summed E-state index contributed by atoms with van der Waals surface area (Å²) in [4.78, 5) is 36.3. The molecule has 0 saturated carbocycles. The summed E-state index contributed by atoms with van der Waals surface area (Å²) in [6, 6.07) is 6.16. The smallest absolute Gasteiger partial charge is 0.321 e. The highest BCUT2D eigenvalue weighted by Gasteiger charge is 2.32. The van der Waals surface area contributed by atoms with Crippen molar-refractivity contribution < 1.29 is 27.9 Å². The Morgan fingerprint density at radius 3 is 2.57 bits per heavy atom. The Morgan fingerprint density at radius 1 is 1.25 bits per heavy atom. The molecule has 1 atom stereocenters. The van der Waals surface area contributed by atoms with Gasteiger partial charge >= 0.3 is 5.97 Å². The number of aliphatic carboxylic acids is 1. The van der Waals surface area contributed by atoms with Crippen LogP contribution >= 0.6 is 0 Å². The highest BCUT2D eigenvalue weighted by Crippen LogP contribution is 2.39. The molecule has 2 aromatic carbocycles. The van der Waals surface area contributed by atoms with E-state index in [2.05, 4.69) is 4.72 Å². The molecule has 0 unspecified atom stereocenters. The number of carbonyl (C=O) groups excluding carboxylic acids is 2. The first-order chi connectivity index (χ1) is 13.2. The molecular formula is C18H19N3O6S. The molecule has 148 valence electrons. The second-order valence-electron chi connectivity index (χ2n) is 6.38. The van der Waals surface area contributed by atoms with Gasteiger partial charge in [0.2, 0.25) is 15.9 Å². The standard InChI is InChI=1S/C18H19N3O6S/c1-2-21-13-7-8-14(10-4-3-5-11(16(10)13)17(21)23)28(26,27)20-12(18(24)25)6-9-15(19)22/h3-5,7-8,12,20H,2,6,9H2,1H3,(H2,19,22)(H,24,25)/t12-/m0/s1. The molecule has 1 aliphatic heterocycles. The molecule has 4 N–H and O–H groups in total. The van der Waals surface area contributed by atoms with Gasteiger partial charge in [-0.1, -0.05) is 12.1 Å². The van der Waals surface area contributed by atoms with Crippen molar-refractivity contribution in [3.8, 4) is 0 Å². The van der Waals surface area contributed by atoms with E-state index < -0.39 is 27.9 Å². The molecular weight excluding hydrogens is 386 g/mol. The number of primary amides is 1. The predicted octanol–water partition coefficient (Wildman–Crippen LogP) is 0.817. The molecule has 10 heteroatoms. The van der Waals surface area contributed by atoms with E-state index in [1.54, 1.807) is 23.1 Å². The largest absolute Gasteiger partial charge is 0.480 e. The van der Waals surface area contributed by atoms with E-state index >= 15 is 0 Å². The van der Waals surface area contributed by atoms with Crippen molar-refractivity contribution in [1.29, 1.82) is 0 Å². The van der Waals surface area contributed by atoms with Crippen LogP contribution in [0, 0.1) is 0 Å². The summed E-state index contributed by atoms with van der Waals surface area (Å²) in [5.41, 5.74) is 6.03. The summed E-state index contributed by atoms with van der Waals surface area (Å²) in [7, 11) is -4.24. The minimum absolute atomic E-state index is 0.135. The van der Waals surface area contributed by atoms with Crippen LogP contribution in [0.2, 0.25) is 0 Å². The van der Waals surface area contributed by atoms with Crippen molar-refractivity contribution in [2.45, 2.75) is 30.7 Å². The number of carboxylic acid groups (broad SMARTS) is 1. The molecule has 0 radical (unpaired) electrons. The fourth-order valence-corrected chi connectivity index (χ4v) is 4.76. The maximum atomic E-state index is 12.9. The predicted molar refractivity (Wildman–Crippen MR) is 101 cm³/mol. The number of nitrogens with two attached hydrogens (primary N) is 1. The van der Waals surface area contributed by atoms with Crippen molar-refractivity contribution in [2.75, 3.05) is 11.4 Å². The van der Waals surface area contributed by atoms with Gasteiger partial charge in [-0.25, -0.2) is 8.42 Å². The SMILES string of the molecule is CCN1C(=O)c2cccc3c(S(=O)(=O)N[C@@H](CCC(N)=O)C(=O)O)ccc1c23. The van der Waals surface area contributed by atoms with Crippen LogP contribution in [0.15, 0.2) is 35.2 Å². The van der Waals surface area contributed by atoms with Gasteiger partial charge in [-0.3, -0.25) is 14.4 Å². The minimum atomic E-state index is -4.24. The van der Waals surface area contributed by atoms with Crippen LogP contribution in [0.1, 0.15) is 30.1 Å². The lowest BCUT2D eigenvalue weighted by Crippen LogP contribution is -2.41. The topological polar surface area (TPSA) is 147 Å². The first kappa shape index (κ1) is 19.8. The molecule has 0 aromatic heterocycles. The van der Waals surface area contributed by atoms with Crippen LogP contribution in [0.3, 0.4) is 0 Å². The lowest BCUT2D eigenvalue weighted by molar-refractivity contribution is -0.139. The van der Waals surface area contributed by atoms with E-state index in [1.807, 2.05) is 6.92 Å². The van der Waals surface area contributed by atoms with E-state index in [0.717, 1.165) is 0 Å². The van der Waals surface area contributed by atoms with E-state index in [4.69, 9.17) is 5.73 Å². The lowest BCUT2D eigenvalue weighted by atomic mass is 10.1. The van der Waals surface area contributed by atoms with Crippen LogP contribution in [-0.4, -0.2) is 43.9 Å². The molecule has 3 rings (SSSR count). The molecule has 0 saturated heterocycles. The molecule has 0 aliphatic carbocycles. The average Bonchev–Trinajstić information content (AvgIpc) is 2.91. The van der Waals surface area contributed by atoms with Crippen molar-refractivity contribution in [3.05, 3.63) is 35.9 Å². The molecule has 0 spiro atoms. The monoisotopic (exact) mass is 405 g/mol. The van der Waals surface area contributed by atoms with Gasteiger partial charge in [-0.2, -0.15) is 4.72 Å².